The van der Waals surface area contributed by atoms with Gasteiger partial charge in [-0.2, -0.15) is 0 Å². The molecule has 7 heteroatoms. The maximum absolute atomic E-state index is 5.39. The van der Waals surface area contributed by atoms with Crippen molar-refractivity contribution in [1.29, 1.82) is 0 Å². The van der Waals surface area contributed by atoms with Crippen LogP contribution in [-0.4, -0.2) is 41.2 Å². The van der Waals surface area contributed by atoms with Gasteiger partial charge in [0, 0.05) is 29.9 Å². The van der Waals surface area contributed by atoms with E-state index in [1.165, 1.54) is 0 Å². The Kier molecular flexibility index (Phi) is 4.63. The van der Waals surface area contributed by atoms with Crippen LogP contribution in [0.1, 0.15) is 24.4 Å². The molecule has 1 N–H and O–H groups in total. The van der Waals surface area contributed by atoms with Crippen molar-refractivity contribution in [3.8, 4) is 5.75 Å². The number of benzene rings is 1. The van der Waals surface area contributed by atoms with E-state index in [-0.39, 0.29) is 0 Å². The van der Waals surface area contributed by atoms with Crippen molar-refractivity contribution < 1.29 is 4.74 Å². The molecule has 0 amide bonds. The normalized spacial score (nSPS) is 15.4. The number of anilines is 2. The number of piperidine rings is 1. The van der Waals surface area contributed by atoms with E-state index in [1.807, 2.05) is 32.0 Å². The van der Waals surface area contributed by atoms with Gasteiger partial charge in [-0.3, -0.25) is 0 Å². The molecule has 0 saturated carbocycles. The molecule has 1 aliphatic heterocycles. The van der Waals surface area contributed by atoms with Gasteiger partial charge in [0.2, 0.25) is 0 Å². The van der Waals surface area contributed by atoms with Gasteiger partial charge in [-0.25, -0.2) is 15.0 Å². The molecule has 136 valence electrons. The number of aromatic nitrogens is 3. The predicted molar refractivity (Wildman–Crippen MR) is 107 cm³/mol. The standard InChI is InChI=1S/C19H23N5OS/c1-12-11-26-19(20-12)23-14-6-8-24(9-7-14)18-16-10-15(25-3)4-5-17(16)21-13(2)22-18/h4-5,10-11,14H,6-9H2,1-3H3,(H,20,23). The lowest BCUT2D eigenvalue weighted by Crippen LogP contribution is -2.39. The van der Waals surface area contributed by atoms with Crippen molar-refractivity contribution >= 4 is 33.2 Å². The highest BCUT2D eigenvalue weighted by molar-refractivity contribution is 7.13. The van der Waals surface area contributed by atoms with E-state index in [4.69, 9.17) is 9.72 Å². The summed E-state index contributed by atoms with van der Waals surface area (Å²) in [5.41, 5.74) is 2.04. The number of rotatable bonds is 4. The van der Waals surface area contributed by atoms with Crippen LogP contribution in [0.3, 0.4) is 0 Å². The first-order valence-corrected chi connectivity index (χ1v) is 9.76. The molecule has 0 bridgehead atoms. The largest absolute Gasteiger partial charge is 0.497 e. The van der Waals surface area contributed by atoms with Gasteiger partial charge >= 0.3 is 0 Å². The van der Waals surface area contributed by atoms with Gasteiger partial charge < -0.3 is 15.0 Å². The Morgan fingerprint density at radius 2 is 1.96 bits per heavy atom. The number of ether oxygens (including phenoxy) is 1. The quantitative estimate of drug-likeness (QED) is 0.755. The summed E-state index contributed by atoms with van der Waals surface area (Å²) in [6.07, 6.45) is 2.13. The van der Waals surface area contributed by atoms with Gasteiger partial charge in [0.25, 0.3) is 0 Å². The molecular weight excluding hydrogens is 346 g/mol. The summed E-state index contributed by atoms with van der Waals surface area (Å²) in [5, 5.41) is 7.73. The molecule has 0 unspecified atom stereocenters. The molecule has 0 radical (unpaired) electrons. The molecular formula is C19H23N5OS. The molecule has 4 rings (SSSR count). The second kappa shape index (κ2) is 7.07. The molecule has 6 nitrogen and oxygen atoms in total. The highest BCUT2D eigenvalue weighted by Crippen LogP contribution is 2.30. The SMILES string of the molecule is COc1ccc2nc(C)nc(N3CCC(Nc4nc(C)cs4)CC3)c2c1. The Hall–Kier alpha value is -2.41. The third kappa shape index (κ3) is 3.44. The lowest BCUT2D eigenvalue weighted by molar-refractivity contribution is 0.415. The van der Waals surface area contributed by atoms with Crippen LogP contribution in [-0.2, 0) is 0 Å². The Morgan fingerprint density at radius 1 is 1.15 bits per heavy atom. The molecule has 0 aliphatic carbocycles. The van der Waals surface area contributed by atoms with Crippen molar-refractivity contribution in [3.63, 3.8) is 0 Å². The average Bonchev–Trinajstić information content (AvgIpc) is 3.06. The zero-order chi connectivity index (χ0) is 18.1. The van der Waals surface area contributed by atoms with E-state index < -0.39 is 0 Å². The number of thiazole rings is 1. The zero-order valence-corrected chi connectivity index (χ0v) is 16.1. The maximum Gasteiger partial charge on any atom is 0.183 e. The van der Waals surface area contributed by atoms with Crippen LogP contribution < -0.4 is 15.0 Å². The Morgan fingerprint density at radius 3 is 2.65 bits per heavy atom. The van der Waals surface area contributed by atoms with Crippen LogP contribution in [0.2, 0.25) is 0 Å². The molecule has 0 spiro atoms. The van der Waals surface area contributed by atoms with Gasteiger partial charge in [-0.05, 0) is 44.9 Å². The average molecular weight is 369 g/mol. The maximum atomic E-state index is 5.39. The van der Waals surface area contributed by atoms with Gasteiger partial charge in [0.15, 0.2) is 5.13 Å². The molecule has 1 saturated heterocycles. The first kappa shape index (κ1) is 17.0. The number of aryl methyl sites for hydroxylation is 2. The molecule has 3 aromatic rings. The molecule has 1 fully saturated rings. The predicted octanol–water partition coefficient (Wildman–Crippen LogP) is 3.79. The second-order valence-electron chi connectivity index (χ2n) is 6.68. The summed E-state index contributed by atoms with van der Waals surface area (Å²) in [7, 11) is 1.69. The fraction of sp³-hybridized carbons (Fsp3) is 0.421. The fourth-order valence-corrected chi connectivity index (χ4v) is 4.17. The van der Waals surface area contributed by atoms with Crippen molar-refractivity contribution in [1.82, 2.24) is 15.0 Å². The number of nitrogens with zero attached hydrogens (tertiary/aromatic N) is 4. The van der Waals surface area contributed by atoms with Gasteiger partial charge in [0.05, 0.1) is 18.3 Å². The third-order valence-corrected chi connectivity index (χ3v) is 5.63. The summed E-state index contributed by atoms with van der Waals surface area (Å²) < 4.78 is 5.39. The van der Waals surface area contributed by atoms with Crippen molar-refractivity contribution in [3.05, 3.63) is 35.1 Å². The number of methoxy groups -OCH3 is 1. The van der Waals surface area contributed by atoms with Gasteiger partial charge in [-0.1, -0.05) is 0 Å². The summed E-state index contributed by atoms with van der Waals surface area (Å²) >= 11 is 1.68. The van der Waals surface area contributed by atoms with E-state index in [2.05, 4.69) is 25.6 Å². The van der Waals surface area contributed by atoms with E-state index >= 15 is 0 Å². The van der Waals surface area contributed by atoms with E-state index in [0.29, 0.717) is 6.04 Å². The van der Waals surface area contributed by atoms with Crippen LogP contribution in [0.4, 0.5) is 10.9 Å². The van der Waals surface area contributed by atoms with Crippen LogP contribution in [0.25, 0.3) is 10.9 Å². The lowest BCUT2D eigenvalue weighted by atomic mass is 10.0. The Bertz CT molecular complexity index is 917. The van der Waals surface area contributed by atoms with Crippen LogP contribution in [0.15, 0.2) is 23.6 Å². The van der Waals surface area contributed by atoms with Crippen LogP contribution >= 0.6 is 11.3 Å². The van der Waals surface area contributed by atoms with Crippen molar-refractivity contribution in [2.45, 2.75) is 32.7 Å². The van der Waals surface area contributed by atoms with Crippen molar-refractivity contribution in [2.75, 3.05) is 30.4 Å². The molecule has 2 aromatic heterocycles. The summed E-state index contributed by atoms with van der Waals surface area (Å²) in [6, 6.07) is 6.45. The minimum Gasteiger partial charge on any atom is -0.497 e. The zero-order valence-electron chi connectivity index (χ0n) is 15.3. The first-order valence-electron chi connectivity index (χ1n) is 8.88. The van der Waals surface area contributed by atoms with Crippen LogP contribution in [0, 0.1) is 13.8 Å². The first-order chi connectivity index (χ1) is 12.6. The monoisotopic (exact) mass is 369 g/mol. The minimum absolute atomic E-state index is 0.459. The molecule has 1 aromatic carbocycles. The highest BCUT2D eigenvalue weighted by atomic mass is 32.1. The molecule has 0 atom stereocenters. The summed E-state index contributed by atoms with van der Waals surface area (Å²) in [6.45, 7) is 5.91. The smallest absolute Gasteiger partial charge is 0.183 e. The van der Waals surface area contributed by atoms with Gasteiger partial charge in [-0.15, -0.1) is 11.3 Å². The molecule has 26 heavy (non-hydrogen) atoms. The summed E-state index contributed by atoms with van der Waals surface area (Å²) in [5.74, 6) is 2.65. The third-order valence-electron chi connectivity index (χ3n) is 4.74. The number of fused-ring (bicyclic) bond motifs is 1. The van der Waals surface area contributed by atoms with Crippen molar-refractivity contribution in [2.24, 2.45) is 0 Å². The van der Waals surface area contributed by atoms with Gasteiger partial charge in [0.1, 0.15) is 17.4 Å². The number of nitrogens with one attached hydrogen (secondary N) is 1. The molecule has 1 aliphatic rings. The molecule has 3 heterocycles. The minimum atomic E-state index is 0.459. The Labute approximate surface area is 157 Å². The lowest BCUT2D eigenvalue weighted by Gasteiger charge is -2.33. The topological polar surface area (TPSA) is 63.2 Å². The van der Waals surface area contributed by atoms with E-state index in [1.54, 1.807) is 18.4 Å². The van der Waals surface area contributed by atoms with Crippen LogP contribution in [0.5, 0.6) is 5.75 Å². The second-order valence-corrected chi connectivity index (χ2v) is 7.54. The Balaban J connectivity index is 1.53. The van der Waals surface area contributed by atoms with E-state index in [0.717, 1.165) is 65.1 Å². The number of hydrogen-bond acceptors (Lipinski definition) is 7. The highest BCUT2D eigenvalue weighted by Gasteiger charge is 2.23. The number of hydrogen-bond donors (Lipinski definition) is 1. The summed E-state index contributed by atoms with van der Waals surface area (Å²) in [4.78, 5) is 16.2. The van der Waals surface area contributed by atoms with E-state index in [9.17, 15) is 0 Å². The fourth-order valence-electron chi connectivity index (χ4n) is 3.40.